The van der Waals surface area contributed by atoms with Crippen LogP contribution in [0.5, 0.6) is 0 Å². The number of hydrogen-bond acceptors (Lipinski definition) is 7. The third-order valence-electron chi connectivity index (χ3n) is 8.38. The van der Waals surface area contributed by atoms with Gasteiger partial charge in [0.1, 0.15) is 6.54 Å². The lowest BCUT2D eigenvalue weighted by atomic mass is 9.62. The van der Waals surface area contributed by atoms with Gasteiger partial charge in [0, 0.05) is 24.0 Å². The molecule has 1 saturated carbocycles. The number of aliphatic carboxylic acids is 1. The van der Waals surface area contributed by atoms with E-state index < -0.39 is 33.9 Å². The van der Waals surface area contributed by atoms with Crippen molar-refractivity contribution in [2.24, 2.45) is 23.7 Å². The number of carbonyl (C=O) groups is 3. The summed E-state index contributed by atoms with van der Waals surface area (Å²) in [6.07, 6.45) is 9.27. The second kappa shape index (κ2) is 10.3. The van der Waals surface area contributed by atoms with Gasteiger partial charge in [0.15, 0.2) is 11.4 Å². The Bertz CT molecular complexity index is 1270. The third-order valence-corrected chi connectivity index (χ3v) is 8.75. The van der Waals surface area contributed by atoms with E-state index in [-0.39, 0.29) is 48.1 Å². The molecular formula is C27H35NO9S. The summed E-state index contributed by atoms with van der Waals surface area (Å²) < 4.78 is 44.4. The average molecular weight is 550 g/mol. The van der Waals surface area contributed by atoms with Crippen molar-refractivity contribution in [3.05, 3.63) is 46.3 Å². The van der Waals surface area contributed by atoms with Crippen molar-refractivity contribution in [1.29, 1.82) is 0 Å². The van der Waals surface area contributed by atoms with Gasteiger partial charge in [-0.05, 0) is 64.7 Å². The number of rotatable bonds is 9. The molecule has 4 rings (SSSR count). The van der Waals surface area contributed by atoms with Crippen molar-refractivity contribution in [2.75, 3.05) is 13.1 Å². The van der Waals surface area contributed by atoms with Crippen molar-refractivity contribution in [3.8, 4) is 0 Å². The number of carboxylic acids is 1. The first-order valence-corrected chi connectivity index (χ1v) is 14.3. The van der Waals surface area contributed by atoms with Gasteiger partial charge in [0.2, 0.25) is 5.91 Å². The number of ether oxygens (including phenoxy) is 1. The van der Waals surface area contributed by atoms with Crippen LogP contribution in [0.4, 0.5) is 0 Å². The molecule has 11 heteroatoms. The minimum absolute atomic E-state index is 0.0297. The summed E-state index contributed by atoms with van der Waals surface area (Å²) in [6.45, 7) is 7.44. The van der Waals surface area contributed by atoms with Crippen LogP contribution in [-0.4, -0.2) is 59.5 Å². The van der Waals surface area contributed by atoms with E-state index in [0.29, 0.717) is 24.8 Å². The smallest absolute Gasteiger partial charge is 0.446 e. The lowest BCUT2D eigenvalue weighted by Gasteiger charge is -2.47. The zero-order valence-electron chi connectivity index (χ0n) is 22.1. The Morgan fingerprint density at radius 2 is 2.00 bits per heavy atom. The summed E-state index contributed by atoms with van der Waals surface area (Å²) >= 11 is 0. The zero-order valence-corrected chi connectivity index (χ0v) is 22.9. The number of hydrogen-bond donors (Lipinski definition) is 2. The van der Waals surface area contributed by atoms with E-state index in [4.69, 9.17) is 14.0 Å². The predicted octanol–water partition coefficient (Wildman–Crippen LogP) is 3.58. The van der Waals surface area contributed by atoms with Gasteiger partial charge in [0.05, 0.1) is 5.57 Å². The Morgan fingerprint density at radius 3 is 2.66 bits per heavy atom. The largest absolute Gasteiger partial charge is 0.480 e. The molecule has 10 nitrogen and oxygen atoms in total. The second-order valence-electron chi connectivity index (χ2n) is 10.9. The highest BCUT2D eigenvalue weighted by Crippen LogP contribution is 2.59. The molecule has 0 aromatic rings. The van der Waals surface area contributed by atoms with E-state index in [9.17, 15) is 27.4 Å². The van der Waals surface area contributed by atoms with Gasteiger partial charge < -0.3 is 18.9 Å². The van der Waals surface area contributed by atoms with Crippen LogP contribution in [0.2, 0.25) is 0 Å². The molecule has 0 bridgehead atoms. The van der Waals surface area contributed by atoms with Crippen LogP contribution in [0.15, 0.2) is 46.3 Å². The van der Waals surface area contributed by atoms with Gasteiger partial charge >= 0.3 is 22.3 Å². The van der Waals surface area contributed by atoms with Crippen LogP contribution < -0.4 is 0 Å². The lowest BCUT2D eigenvalue weighted by Crippen LogP contribution is -2.53. The number of nitrogens with zero attached hydrogens (tertiary/aromatic N) is 1. The highest BCUT2D eigenvalue weighted by Gasteiger charge is 2.64. The number of carbonyl (C=O) groups excluding carboxylic acids is 2. The zero-order chi connectivity index (χ0) is 28.0. The average Bonchev–Trinajstić information content (AvgIpc) is 3.43. The maximum Gasteiger partial charge on any atom is 0.446 e. The predicted molar refractivity (Wildman–Crippen MR) is 137 cm³/mol. The fraction of sp³-hybridized carbons (Fsp3) is 0.593. The molecule has 0 unspecified atom stereocenters. The minimum Gasteiger partial charge on any atom is -0.480 e. The van der Waals surface area contributed by atoms with Crippen molar-refractivity contribution >= 4 is 28.2 Å². The highest BCUT2D eigenvalue weighted by atomic mass is 32.3. The molecule has 1 fully saturated rings. The van der Waals surface area contributed by atoms with Crippen molar-refractivity contribution in [2.45, 2.75) is 65.4 Å². The molecule has 0 aromatic heterocycles. The number of esters is 1. The van der Waals surface area contributed by atoms with Crippen LogP contribution in [0.25, 0.3) is 0 Å². The first-order chi connectivity index (χ1) is 17.7. The van der Waals surface area contributed by atoms with Gasteiger partial charge in [-0.1, -0.05) is 36.3 Å². The molecule has 2 aliphatic carbocycles. The fourth-order valence-corrected chi connectivity index (χ4v) is 7.20. The van der Waals surface area contributed by atoms with E-state index in [2.05, 4.69) is 6.92 Å². The minimum atomic E-state index is -4.90. The van der Waals surface area contributed by atoms with E-state index in [1.807, 2.05) is 26.0 Å². The van der Waals surface area contributed by atoms with Gasteiger partial charge in [-0.25, -0.2) is 4.79 Å². The van der Waals surface area contributed by atoms with E-state index in [1.165, 1.54) is 11.8 Å². The fourth-order valence-electron chi connectivity index (χ4n) is 6.74. The van der Waals surface area contributed by atoms with Crippen LogP contribution in [0, 0.1) is 23.7 Å². The van der Waals surface area contributed by atoms with Gasteiger partial charge in [-0.3, -0.25) is 14.1 Å². The Balaban J connectivity index is 1.59. The second-order valence-corrected chi connectivity index (χ2v) is 12.0. The lowest BCUT2D eigenvalue weighted by molar-refractivity contribution is -0.160. The van der Waals surface area contributed by atoms with E-state index in [1.54, 1.807) is 6.08 Å². The molecular weight excluding hydrogens is 514 g/mol. The van der Waals surface area contributed by atoms with E-state index >= 15 is 0 Å². The summed E-state index contributed by atoms with van der Waals surface area (Å²) in [7, 11) is -4.90. The molecule has 1 spiro atoms. The normalized spacial score (nSPS) is 31.5. The van der Waals surface area contributed by atoms with E-state index in [0.717, 1.165) is 24.0 Å². The molecule has 0 saturated heterocycles. The molecule has 1 amide bonds. The number of carboxylic acid groups (broad SMARTS) is 1. The van der Waals surface area contributed by atoms with Gasteiger partial charge in [-0.15, -0.1) is 0 Å². The molecule has 4 aliphatic rings. The van der Waals surface area contributed by atoms with Gasteiger partial charge in [0.25, 0.3) is 0 Å². The molecule has 2 N–H and O–H groups in total. The van der Waals surface area contributed by atoms with Crippen LogP contribution in [-0.2, 0) is 33.7 Å². The number of fused-ring (bicyclic) bond motifs is 2. The highest BCUT2D eigenvalue weighted by molar-refractivity contribution is 7.81. The Hall–Kier alpha value is -2.92. The molecule has 0 radical (unpaired) electrons. The standard InChI is InChI=1S/C27H35NO9S/c1-15(6-5-7-19-10-11-28(25(19)31)14-22(29)30)12-20-13-17(3)21-9-8-16(2)23(21)27(20)24(37-38(33,34)35)18(4)26(32)36-27/h10,12-13,16,20-21,23H,5-9,11,14H2,1-4H3,(H,29,30)(H,33,34,35)/b15-12+/t16-,20+,21-,23+,27-/m0/s1. The summed E-state index contributed by atoms with van der Waals surface area (Å²) in [5, 5.41) is 8.96. The number of amides is 1. The maximum atomic E-state index is 12.8. The summed E-state index contributed by atoms with van der Waals surface area (Å²) in [6, 6.07) is 0. The molecule has 0 aromatic carbocycles. The first-order valence-electron chi connectivity index (χ1n) is 12.9. The monoisotopic (exact) mass is 549 g/mol. The summed E-state index contributed by atoms with van der Waals surface area (Å²) in [5.41, 5.74) is 1.34. The molecule has 208 valence electrons. The SMILES string of the molecule is CC1=C[C@@H](/C=C(\C)CCCC2=CCN(CC(=O)O)C2=O)[C@]2(OC(=O)C(C)=C2OS(=O)(=O)O)[C@@H]2[C@@H](C)CC[C@@H]12. The van der Waals surface area contributed by atoms with Crippen LogP contribution in [0.3, 0.4) is 0 Å². The topological polar surface area (TPSA) is 148 Å². The maximum absolute atomic E-state index is 12.8. The Labute approximate surface area is 223 Å². The van der Waals surface area contributed by atoms with Crippen molar-refractivity contribution in [1.82, 2.24) is 4.90 Å². The first kappa shape index (κ1) is 28.1. The Morgan fingerprint density at radius 1 is 1.29 bits per heavy atom. The van der Waals surface area contributed by atoms with Crippen LogP contribution >= 0.6 is 0 Å². The number of allylic oxidation sites excluding steroid dienone is 2. The summed E-state index contributed by atoms with van der Waals surface area (Å²) in [4.78, 5) is 37.5. The quantitative estimate of drug-likeness (QED) is 0.250. The molecule has 2 aliphatic heterocycles. The van der Waals surface area contributed by atoms with Crippen molar-refractivity contribution in [3.63, 3.8) is 0 Å². The Kier molecular flexibility index (Phi) is 7.64. The third kappa shape index (κ3) is 5.18. The summed E-state index contributed by atoms with van der Waals surface area (Å²) in [5.74, 6) is -2.65. The molecule has 5 atom stereocenters. The van der Waals surface area contributed by atoms with Crippen molar-refractivity contribution < 1.29 is 41.4 Å². The van der Waals surface area contributed by atoms with Crippen LogP contribution in [0.1, 0.15) is 59.8 Å². The van der Waals surface area contributed by atoms with Gasteiger partial charge in [-0.2, -0.15) is 8.42 Å². The molecule has 2 heterocycles. The molecule has 38 heavy (non-hydrogen) atoms.